The molecule has 0 atom stereocenters. The van der Waals surface area contributed by atoms with Crippen molar-refractivity contribution in [1.82, 2.24) is 14.8 Å². The average molecular weight is 361 g/mol. The zero-order valence-corrected chi connectivity index (χ0v) is 15.0. The zero-order valence-electron chi connectivity index (χ0n) is 15.0. The first kappa shape index (κ1) is 18.1. The number of nitrogens with zero attached hydrogens (tertiary/aromatic N) is 3. The number of aromatic nitrogens is 3. The second-order valence-corrected chi connectivity index (χ2v) is 5.95. The van der Waals surface area contributed by atoms with Gasteiger partial charge in [-0.15, -0.1) is 0 Å². The lowest BCUT2D eigenvalue weighted by atomic mass is 10.0. The molecule has 0 spiro atoms. The maximum absolute atomic E-state index is 12.2. The van der Waals surface area contributed by atoms with E-state index in [0.29, 0.717) is 11.4 Å². The van der Waals surface area contributed by atoms with Crippen molar-refractivity contribution in [2.45, 2.75) is 6.92 Å². The third-order valence-corrected chi connectivity index (χ3v) is 3.73. The highest BCUT2D eigenvalue weighted by molar-refractivity contribution is 6.03. The third kappa shape index (κ3) is 4.88. The van der Waals surface area contributed by atoms with Crippen LogP contribution in [0.1, 0.15) is 12.5 Å². The van der Waals surface area contributed by atoms with Crippen molar-refractivity contribution in [2.75, 3.05) is 10.6 Å². The number of pyridine rings is 1. The van der Waals surface area contributed by atoms with Crippen molar-refractivity contribution in [2.24, 2.45) is 7.05 Å². The van der Waals surface area contributed by atoms with Gasteiger partial charge in [0.25, 0.3) is 0 Å². The van der Waals surface area contributed by atoms with Crippen LogP contribution in [0.2, 0.25) is 0 Å². The van der Waals surface area contributed by atoms with Crippen molar-refractivity contribution in [3.63, 3.8) is 0 Å². The molecule has 27 heavy (non-hydrogen) atoms. The summed E-state index contributed by atoms with van der Waals surface area (Å²) < 4.78 is 1.72. The Morgan fingerprint density at radius 3 is 2.59 bits per heavy atom. The average Bonchev–Trinajstić information content (AvgIpc) is 3.06. The van der Waals surface area contributed by atoms with Gasteiger partial charge in [0.2, 0.25) is 11.8 Å². The molecule has 0 radical (unpaired) electrons. The molecule has 0 bridgehead atoms. The minimum atomic E-state index is -0.282. The second-order valence-electron chi connectivity index (χ2n) is 5.95. The Hall–Kier alpha value is -3.74. The number of carbonyl (C=O) groups is 2. The van der Waals surface area contributed by atoms with Gasteiger partial charge in [0.05, 0.1) is 6.20 Å². The van der Waals surface area contributed by atoms with Gasteiger partial charge in [-0.1, -0.05) is 6.07 Å². The molecule has 2 aromatic heterocycles. The first-order chi connectivity index (χ1) is 13.0. The number of benzene rings is 1. The molecule has 0 saturated carbocycles. The number of nitrogens with one attached hydrogen (secondary N) is 2. The van der Waals surface area contributed by atoms with Crippen molar-refractivity contribution in [1.29, 1.82) is 0 Å². The molecule has 3 aromatic rings. The van der Waals surface area contributed by atoms with E-state index < -0.39 is 0 Å². The Kier molecular flexibility index (Phi) is 5.41. The van der Waals surface area contributed by atoms with Gasteiger partial charge in [-0.2, -0.15) is 5.10 Å². The quantitative estimate of drug-likeness (QED) is 0.684. The highest BCUT2D eigenvalue weighted by atomic mass is 16.2. The summed E-state index contributed by atoms with van der Waals surface area (Å²) in [6.07, 6.45) is 10.2. The highest BCUT2D eigenvalue weighted by Crippen LogP contribution is 2.23. The van der Waals surface area contributed by atoms with E-state index in [4.69, 9.17) is 0 Å². The Labute approximate surface area is 156 Å². The van der Waals surface area contributed by atoms with Crippen LogP contribution in [0, 0.1) is 0 Å². The predicted octanol–water partition coefficient (Wildman–Crippen LogP) is 3.09. The summed E-state index contributed by atoms with van der Waals surface area (Å²) in [5.41, 5.74) is 3.91. The molecule has 0 aliphatic carbocycles. The van der Waals surface area contributed by atoms with Crippen molar-refractivity contribution < 1.29 is 9.59 Å². The summed E-state index contributed by atoms with van der Waals surface area (Å²) in [4.78, 5) is 27.5. The Morgan fingerprint density at radius 2 is 1.89 bits per heavy atom. The van der Waals surface area contributed by atoms with Crippen LogP contribution in [0.4, 0.5) is 11.4 Å². The number of rotatable bonds is 5. The predicted molar refractivity (Wildman–Crippen MR) is 105 cm³/mol. The van der Waals surface area contributed by atoms with Crippen LogP contribution < -0.4 is 10.6 Å². The van der Waals surface area contributed by atoms with Crippen LogP contribution in [0.5, 0.6) is 0 Å². The molecule has 3 rings (SSSR count). The fourth-order valence-corrected chi connectivity index (χ4v) is 2.59. The maximum Gasteiger partial charge on any atom is 0.248 e. The third-order valence-electron chi connectivity index (χ3n) is 3.73. The Bertz CT molecular complexity index is 1010. The number of hydrogen-bond donors (Lipinski definition) is 2. The van der Waals surface area contributed by atoms with Gasteiger partial charge in [0.1, 0.15) is 0 Å². The van der Waals surface area contributed by atoms with Crippen LogP contribution in [0.25, 0.3) is 17.2 Å². The SMILES string of the molecule is CC(=O)Nc1cccc(NC(=O)/C=C/c2cnccc2-c2cnn(C)c2)c1. The molecule has 0 fully saturated rings. The van der Waals surface area contributed by atoms with Gasteiger partial charge < -0.3 is 10.6 Å². The number of carbonyl (C=O) groups excluding carboxylic acids is 2. The fourth-order valence-electron chi connectivity index (χ4n) is 2.59. The number of anilines is 2. The lowest BCUT2D eigenvalue weighted by Crippen LogP contribution is -2.09. The summed E-state index contributed by atoms with van der Waals surface area (Å²) in [5.74, 6) is -0.450. The van der Waals surface area contributed by atoms with E-state index in [0.717, 1.165) is 16.7 Å². The van der Waals surface area contributed by atoms with Crippen molar-refractivity contribution in [3.8, 4) is 11.1 Å². The molecule has 0 aliphatic rings. The first-order valence-electron chi connectivity index (χ1n) is 8.31. The van der Waals surface area contributed by atoms with Gasteiger partial charge in [0.15, 0.2) is 0 Å². The van der Waals surface area contributed by atoms with Gasteiger partial charge in [-0.3, -0.25) is 19.3 Å². The molecule has 7 nitrogen and oxygen atoms in total. The van der Waals surface area contributed by atoms with Crippen LogP contribution >= 0.6 is 0 Å². The molecule has 136 valence electrons. The summed E-state index contributed by atoms with van der Waals surface area (Å²) in [6, 6.07) is 8.83. The number of hydrogen-bond acceptors (Lipinski definition) is 4. The van der Waals surface area contributed by atoms with E-state index in [2.05, 4.69) is 20.7 Å². The molecule has 2 N–H and O–H groups in total. The molecule has 1 aromatic carbocycles. The standard InChI is InChI=1S/C20H19N5O2/c1-14(26)23-17-4-3-5-18(10-17)24-20(27)7-6-15-11-21-9-8-19(15)16-12-22-25(2)13-16/h3-13H,1-2H3,(H,23,26)(H,24,27)/b7-6+. The lowest BCUT2D eigenvalue weighted by Gasteiger charge is -2.06. The van der Waals surface area contributed by atoms with Crippen LogP contribution in [0.15, 0.2) is 61.2 Å². The summed E-state index contributed by atoms with van der Waals surface area (Å²) in [6.45, 7) is 1.43. The summed E-state index contributed by atoms with van der Waals surface area (Å²) >= 11 is 0. The molecule has 0 aliphatic heterocycles. The van der Waals surface area contributed by atoms with Crippen LogP contribution in [0.3, 0.4) is 0 Å². The van der Waals surface area contributed by atoms with Crippen LogP contribution in [-0.4, -0.2) is 26.6 Å². The van der Waals surface area contributed by atoms with E-state index in [-0.39, 0.29) is 11.8 Å². The van der Waals surface area contributed by atoms with Gasteiger partial charge in [-0.25, -0.2) is 0 Å². The van der Waals surface area contributed by atoms with Crippen molar-refractivity contribution >= 4 is 29.3 Å². The molecule has 0 unspecified atom stereocenters. The highest BCUT2D eigenvalue weighted by Gasteiger charge is 2.06. The Morgan fingerprint density at radius 1 is 1.11 bits per heavy atom. The molecule has 7 heteroatoms. The monoisotopic (exact) mass is 361 g/mol. The molecule has 2 heterocycles. The smallest absolute Gasteiger partial charge is 0.248 e. The molecule has 0 saturated heterocycles. The van der Waals surface area contributed by atoms with Crippen molar-refractivity contribution in [3.05, 3.63) is 66.8 Å². The molecular formula is C20H19N5O2. The van der Waals surface area contributed by atoms with Gasteiger partial charge in [0, 0.05) is 61.1 Å². The van der Waals surface area contributed by atoms with Crippen LogP contribution in [-0.2, 0) is 16.6 Å². The topological polar surface area (TPSA) is 88.9 Å². The lowest BCUT2D eigenvalue weighted by molar-refractivity contribution is -0.114. The van der Waals surface area contributed by atoms with Gasteiger partial charge in [-0.05, 0) is 35.9 Å². The summed E-state index contributed by atoms with van der Waals surface area (Å²) in [5, 5.41) is 9.63. The molecular weight excluding hydrogens is 342 g/mol. The minimum Gasteiger partial charge on any atom is -0.326 e. The van der Waals surface area contributed by atoms with E-state index in [1.54, 1.807) is 53.6 Å². The minimum absolute atomic E-state index is 0.169. The molecule has 2 amide bonds. The number of amides is 2. The van der Waals surface area contributed by atoms with E-state index in [1.165, 1.54) is 13.0 Å². The largest absolute Gasteiger partial charge is 0.326 e. The van der Waals surface area contributed by atoms with E-state index in [9.17, 15) is 9.59 Å². The van der Waals surface area contributed by atoms with Gasteiger partial charge >= 0.3 is 0 Å². The fraction of sp³-hybridized carbons (Fsp3) is 0.100. The maximum atomic E-state index is 12.2. The van der Waals surface area contributed by atoms with E-state index >= 15 is 0 Å². The second kappa shape index (κ2) is 8.09. The summed E-state index contributed by atoms with van der Waals surface area (Å²) in [7, 11) is 1.85. The Balaban J connectivity index is 1.74. The number of aryl methyl sites for hydroxylation is 1. The van der Waals surface area contributed by atoms with E-state index in [1.807, 2.05) is 19.3 Å². The first-order valence-corrected chi connectivity index (χ1v) is 8.31. The zero-order chi connectivity index (χ0) is 19.2. The normalized spacial score (nSPS) is 10.7.